The van der Waals surface area contributed by atoms with Crippen LogP contribution in [0.4, 0.5) is 5.69 Å². The molecule has 168 valence electrons. The van der Waals surface area contributed by atoms with Crippen molar-refractivity contribution in [2.75, 3.05) is 19.5 Å². The van der Waals surface area contributed by atoms with Gasteiger partial charge in [-0.1, -0.05) is 30.3 Å². The molecule has 5 rings (SSSR count). The van der Waals surface area contributed by atoms with Crippen molar-refractivity contribution in [2.24, 2.45) is 0 Å². The Morgan fingerprint density at radius 3 is 2.38 bits per heavy atom. The quantitative estimate of drug-likeness (QED) is 0.387. The topological polar surface area (TPSA) is 74.6 Å². The van der Waals surface area contributed by atoms with Crippen LogP contribution in [-0.2, 0) is 0 Å². The molecule has 6 heteroatoms. The second-order valence-electron chi connectivity index (χ2n) is 7.99. The van der Waals surface area contributed by atoms with Crippen LogP contribution in [0.5, 0.6) is 11.5 Å². The van der Waals surface area contributed by atoms with Crippen LogP contribution in [-0.4, -0.2) is 25.1 Å². The van der Waals surface area contributed by atoms with E-state index >= 15 is 0 Å². The predicted octanol–water partition coefficient (Wildman–Crippen LogP) is 5.45. The summed E-state index contributed by atoms with van der Waals surface area (Å²) in [5.74, 6) is 1.07. The largest absolute Gasteiger partial charge is 0.493 e. The molecule has 2 N–H and O–H groups in total. The van der Waals surface area contributed by atoms with Crippen LogP contribution in [0.15, 0.2) is 78.9 Å². The lowest BCUT2D eigenvalue weighted by molar-refractivity contribution is -0.331. The first kappa shape index (κ1) is 21.4. The molecule has 0 unspecified atom stereocenters. The number of H-pyrrole nitrogens is 1. The van der Waals surface area contributed by atoms with E-state index in [0.29, 0.717) is 17.1 Å². The smallest absolute Gasteiger partial charge is 0.256 e. The number of hydrogen-bond donors (Lipinski definition) is 1. The summed E-state index contributed by atoms with van der Waals surface area (Å²) in [5.41, 5.74) is 5.51. The molecule has 2 aromatic heterocycles. The highest BCUT2D eigenvalue weighted by Gasteiger charge is 2.20. The van der Waals surface area contributed by atoms with Gasteiger partial charge in [0, 0.05) is 23.2 Å². The van der Waals surface area contributed by atoms with Crippen molar-refractivity contribution in [3.05, 3.63) is 90.1 Å². The Kier molecular flexibility index (Phi) is 5.55. The number of rotatable bonds is 5. The van der Waals surface area contributed by atoms with Crippen molar-refractivity contribution in [2.45, 2.75) is 6.92 Å². The molecular weight excluding hydrogens is 426 g/mol. The molecule has 0 bridgehead atoms. The number of aryl methyl sites for hydroxylation is 1. The van der Waals surface area contributed by atoms with Crippen LogP contribution in [0.3, 0.4) is 0 Å². The number of para-hydroxylation sites is 2. The first-order chi connectivity index (χ1) is 16.6. The lowest BCUT2D eigenvalue weighted by Gasteiger charge is -2.11. The van der Waals surface area contributed by atoms with Gasteiger partial charge in [-0.15, -0.1) is 0 Å². The summed E-state index contributed by atoms with van der Waals surface area (Å²) in [4.78, 5) is 21.6. The summed E-state index contributed by atoms with van der Waals surface area (Å²) in [5, 5.41) is 4.85. The molecule has 0 saturated carbocycles. The number of carbonyl (C=O) groups excluding carboxylic acids is 1. The van der Waals surface area contributed by atoms with E-state index in [1.165, 1.54) is 0 Å². The number of ether oxygens (including phenoxy) is 2. The number of amides is 1. The molecule has 0 aliphatic carbocycles. The average molecular weight is 451 g/mol. The first-order valence-electron chi connectivity index (χ1n) is 10.9. The molecule has 0 spiro atoms. The summed E-state index contributed by atoms with van der Waals surface area (Å²) in [6, 6.07) is 25.0. The maximum Gasteiger partial charge on any atom is 0.256 e. The van der Waals surface area contributed by atoms with E-state index in [2.05, 4.69) is 15.3 Å². The van der Waals surface area contributed by atoms with Crippen LogP contribution in [0.1, 0.15) is 16.1 Å². The molecule has 0 fully saturated rings. The molecule has 0 radical (unpaired) electrons. The van der Waals surface area contributed by atoms with Crippen molar-refractivity contribution >= 4 is 33.4 Å². The van der Waals surface area contributed by atoms with Crippen LogP contribution >= 0.6 is 0 Å². The van der Waals surface area contributed by atoms with E-state index in [4.69, 9.17) is 9.47 Å². The van der Waals surface area contributed by atoms with Crippen molar-refractivity contribution in [1.29, 1.82) is 0 Å². The Hall–Kier alpha value is -4.45. The van der Waals surface area contributed by atoms with Gasteiger partial charge in [0.1, 0.15) is 0 Å². The predicted molar refractivity (Wildman–Crippen MR) is 133 cm³/mol. The highest BCUT2D eigenvalue weighted by molar-refractivity contribution is 6.14. The standard InChI is InChI=1S/C28H23N3O3/c1-17-14-25(20-9-5-7-11-23(20)29-17)31-28(32)21-16-24(30-22-10-6-4-8-19(21)22)18-12-13-26(33-2)27(15-18)34-3/h4-16H,1-3H3,(H,29,31,32)/p+1. The number of aromatic amines is 1. The molecule has 0 saturated heterocycles. The van der Waals surface area contributed by atoms with E-state index < -0.39 is 0 Å². The number of nitrogens with one attached hydrogen (secondary N) is 2. The normalized spacial score (nSPS) is 10.9. The van der Waals surface area contributed by atoms with Gasteiger partial charge < -0.3 is 14.8 Å². The first-order valence-corrected chi connectivity index (χ1v) is 10.9. The fraction of sp³-hybridized carbons (Fsp3) is 0.107. The van der Waals surface area contributed by atoms with E-state index in [1.54, 1.807) is 14.2 Å². The molecule has 34 heavy (non-hydrogen) atoms. The Labute approximate surface area is 197 Å². The zero-order chi connectivity index (χ0) is 23.7. The van der Waals surface area contributed by atoms with Crippen LogP contribution < -0.4 is 19.8 Å². The molecule has 5 aromatic rings. The number of fused-ring (bicyclic) bond motifs is 2. The van der Waals surface area contributed by atoms with Gasteiger partial charge in [0.15, 0.2) is 11.5 Å². The molecule has 0 aliphatic rings. The minimum absolute atomic E-state index is 0.192. The highest BCUT2D eigenvalue weighted by Crippen LogP contribution is 2.32. The molecule has 2 heterocycles. The van der Waals surface area contributed by atoms with Crippen LogP contribution in [0.25, 0.3) is 33.1 Å². The SMILES string of the molecule is COc1ccc(-c2cc(C(=O)Nc3cc(C)nc4ccccc34)c3ccccc3[nH+]2)cc1OC. The second kappa shape index (κ2) is 8.83. The summed E-state index contributed by atoms with van der Waals surface area (Å²) in [6.45, 7) is 1.92. The number of aromatic nitrogens is 2. The van der Waals surface area contributed by atoms with Gasteiger partial charge in [-0.3, -0.25) is 9.78 Å². The number of benzene rings is 3. The van der Waals surface area contributed by atoms with Crippen molar-refractivity contribution in [3.63, 3.8) is 0 Å². The minimum atomic E-state index is -0.192. The van der Waals surface area contributed by atoms with E-state index in [-0.39, 0.29) is 5.91 Å². The third-order valence-corrected chi connectivity index (χ3v) is 5.81. The van der Waals surface area contributed by atoms with Crippen molar-refractivity contribution < 1.29 is 19.3 Å². The van der Waals surface area contributed by atoms with E-state index in [0.717, 1.165) is 44.4 Å². The summed E-state index contributed by atoms with van der Waals surface area (Å²) < 4.78 is 10.8. The molecule has 0 aliphatic heterocycles. The molecule has 0 atom stereocenters. The zero-order valence-electron chi connectivity index (χ0n) is 19.2. The van der Waals surface area contributed by atoms with Gasteiger partial charge in [-0.25, -0.2) is 4.98 Å². The van der Waals surface area contributed by atoms with Gasteiger partial charge in [-0.05, 0) is 43.3 Å². The van der Waals surface area contributed by atoms with Gasteiger partial charge in [0.05, 0.1) is 41.9 Å². The number of methoxy groups -OCH3 is 2. The van der Waals surface area contributed by atoms with E-state index in [1.807, 2.05) is 85.8 Å². The monoisotopic (exact) mass is 450 g/mol. The minimum Gasteiger partial charge on any atom is -0.493 e. The second-order valence-corrected chi connectivity index (χ2v) is 7.99. The fourth-order valence-electron chi connectivity index (χ4n) is 4.18. The highest BCUT2D eigenvalue weighted by atomic mass is 16.5. The summed E-state index contributed by atoms with van der Waals surface area (Å²) in [7, 11) is 3.21. The number of hydrogen-bond acceptors (Lipinski definition) is 4. The molecule has 6 nitrogen and oxygen atoms in total. The van der Waals surface area contributed by atoms with Gasteiger partial charge >= 0.3 is 0 Å². The fourth-order valence-corrected chi connectivity index (χ4v) is 4.18. The van der Waals surface area contributed by atoms with Gasteiger partial charge in [0.2, 0.25) is 11.2 Å². The van der Waals surface area contributed by atoms with Crippen LogP contribution in [0.2, 0.25) is 0 Å². The molecule has 3 aromatic carbocycles. The van der Waals surface area contributed by atoms with Gasteiger partial charge in [-0.2, -0.15) is 0 Å². The lowest BCUT2D eigenvalue weighted by atomic mass is 10.0. The number of pyridine rings is 2. The Morgan fingerprint density at radius 2 is 1.59 bits per heavy atom. The third kappa shape index (κ3) is 3.90. The third-order valence-electron chi connectivity index (χ3n) is 5.81. The van der Waals surface area contributed by atoms with Crippen LogP contribution in [0, 0.1) is 6.92 Å². The number of nitrogens with zero attached hydrogens (tertiary/aromatic N) is 1. The number of carbonyl (C=O) groups is 1. The Bertz CT molecular complexity index is 1550. The average Bonchev–Trinajstić information content (AvgIpc) is 2.87. The van der Waals surface area contributed by atoms with Gasteiger partial charge in [0.25, 0.3) is 5.91 Å². The molecule has 1 amide bonds. The Balaban J connectivity index is 1.62. The number of anilines is 1. The lowest BCUT2D eigenvalue weighted by Crippen LogP contribution is -2.17. The van der Waals surface area contributed by atoms with Crippen molar-refractivity contribution in [3.8, 4) is 22.8 Å². The van der Waals surface area contributed by atoms with E-state index in [9.17, 15) is 4.79 Å². The Morgan fingerprint density at radius 1 is 0.853 bits per heavy atom. The maximum absolute atomic E-state index is 13.6. The maximum atomic E-state index is 13.6. The summed E-state index contributed by atoms with van der Waals surface area (Å²) in [6.07, 6.45) is 0. The molecular formula is C28H24N3O3+. The summed E-state index contributed by atoms with van der Waals surface area (Å²) >= 11 is 0. The van der Waals surface area contributed by atoms with Crippen molar-refractivity contribution in [1.82, 2.24) is 4.98 Å². The zero-order valence-corrected chi connectivity index (χ0v) is 19.2.